The lowest BCUT2D eigenvalue weighted by atomic mass is 10.3. The monoisotopic (exact) mass is 243 g/mol. The number of nitrogens with one attached hydrogen (secondary N) is 2. The van der Waals surface area contributed by atoms with Crippen LogP contribution in [-0.2, 0) is 0 Å². The number of rotatable bonds is 4. The number of hydrogen-bond acceptors (Lipinski definition) is 2. The van der Waals surface area contributed by atoms with Crippen LogP contribution in [-0.4, -0.2) is 16.6 Å². The first-order valence-electron chi connectivity index (χ1n) is 4.88. The molecule has 0 unspecified atom stereocenters. The Labute approximate surface area is 100 Å². The predicted octanol–water partition coefficient (Wildman–Crippen LogP) is 2.82. The van der Waals surface area contributed by atoms with Crippen LogP contribution in [0.2, 0.25) is 5.02 Å². The maximum Gasteiger partial charge on any atom is 0.171 e. The van der Waals surface area contributed by atoms with Crippen LogP contribution in [0.5, 0.6) is 0 Å². The molecule has 0 saturated carbocycles. The highest BCUT2D eigenvalue weighted by Crippen LogP contribution is 2.09. The highest BCUT2D eigenvalue weighted by molar-refractivity contribution is 7.80. The SMILES string of the molecule is CCCCNC(=S)Nc1ccc(Cl)cn1. The summed E-state index contributed by atoms with van der Waals surface area (Å²) in [5.74, 6) is 0.702. The Morgan fingerprint density at radius 2 is 2.33 bits per heavy atom. The summed E-state index contributed by atoms with van der Waals surface area (Å²) in [4.78, 5) is 4.08. The van der Waals surface area contributed by atoms with Crippen LogP contribution < -0.4 is 10.6 Å². The van der Waals surface area contributed by atoms with Crippen molar-refractivity contribution in [2.24, 2.45) is 0 Å². The van der Waals surface area contributed by atoms with Crippen molar-refractivity contribution in [3.05, 3.63) is 23.4 Å². The van der Waals surface area contributed by atoms with Crippen LogP contribution in [0.1, 0.15) is 19.8 Å². The maximum absolute atomic E-state index is 5.71. The molecule has 0 aliphatic heterocycles. The van der Waals surface area contributed by atoms with E-state index in [0.717, 1.165) is 19.4 Å². The minimum atomic E-state index is 0.596. The van der Waals surface area contributed by atoms with Crippen LogP contribution in [0.4, 0.5) is 5.82 Å². The molecule has 0 fully saturated rings. The van der Waals surface area contributed by atoms with E-state index in [1.54, 1.807) is 18.3 Å². The molecule has 1 aromatic heterocycles. The Morgan fingerprint density at radius 1 is 1.53 bits per heavy atom. The Kier molecular flexibility index (Phi) is 5.36. The van der Waals surface area contributed by atoms with E-state index in [1.165, 1.54) is 0 Å². The molecule has 1 rings (SSSR count). The molecule has 15 heavy (non-hydrogen) atoms. The van der Waals surface area contributed by atoms with Gasteiger partial charge in [0.2, 0.25) is 0 Å². The number of unbranched alkanes of at least 4 members (excludes halogenated alkanes) is 1. The van der Waals surface area contributed by atoms with Crippen molar-refractivity contribution in [2.75, 3.05) is 11.9 Å². The van der Waals surface area contributed by atoms with Crippen LogP contribution >= 0.6 is 23.8 Å². The molecule has 0 aliphatic carbocycles. The summed E-state index contributed by atoms with van der Waals surface area (Å²) < 4.78 is 0. The zero-order chi connectivity index (χ0) is 11.1. The van der Waals surface area contributed by atoms with Gasteiger partial charge in [-0.25, -0.2) is 4.98 Å². The Bertz CT molecular complexity index is 313. The average molecular weight is 244 g/mol. The van der Waals surface area contributed by atoms with Gasteiger partial charge in [-0.15, -0.1) is 0 Å². The summed E-state index contributed by atoms with van der Waals surface area (Å²) in [6.45, 7) is 3.02. The van der Waals surface area contributed by atoms with Crippen molar-refractivity contribution >= 4 is 34.7 Å². The third-order valence-corrected chi connectivity index (χ3v) is 2.25. The number of nitrogens with zero attached hydrogens (tertiary/aromatic N) is 1. The number of aromatic nitrogens is 1. The molecule has 3 nitrogen and oxygen atoms in total. The smallest absolute Gasteiger partial charge is 0.171 e. The highest BCUT2D eigenvalue weighted by Gasteiger charge is 1.97. The Morgan fingerprint density at radius 3 is 2.93 bits per heavy atom. The number of hydrogen-bond donors (Lipinski definition) is 2. The number of pyridine rings is 1. The maximum atomic E-state index is 5.71. The third-order valence-electron chi connectivity index (χ3n) is 1.78. The van der Waals surface area contributed by atoms with Crippen molar-refractivity contribution < 1.29 is 0 Å². The summed E-state index contributed by atoms with van der Waals surface area (Å²) in [5, 5.41) is 7.28. The van der Waals surface area contributed by atoms with Gasteiger partial charge in [-0.2, -0.15) is 0 Å². The van der Waals surface area contributed by atoms with Gasteiger partial charge in [0.15, 0.2) is 5.11 Å². The largest absolute Gasteiger partial charge is 0.362 e. The highest BCUT2D eigenvalue weighted by atomic mass is 35.5. The van der Waals surface area contributed by atoms with Crippen molar-refractivity contribution in [3.8, 4) is 0 Å². The van der Waals surface area contributed by atoms with Gasteiger partial charge in [0, 0.05) is 12.7 Å². The molecular weight excluding hydrogens is 230 g/mol. The van der Waals surface area contributed by atoms with E-state index in [2.05, 4.69) is 22.5 Å². The summed E-state index contributed by atoms with van der Waals surface area (Å²) in [5.41, 5.74) is 0. The molecule has 0 saturated heterocycles. The fraction of sp³-hybridized carbons (Fsp3) is 0.400. The molecule has 0 radical (unpaired) electrons. The second kappa shape index (κ2) is 6.58. The molecule has 0 amide bonds. The topological polar surface area (TPSA) is 37.0 Å². The summed E-state index contributed by atoms with van der Waals surface area (Å²) in [6, 6.07) is 3.56. The molecule has 0 spiro atoms. The fourth-order valence-electron chi connectivity index (χ4n) is 0.989. The molecule has 1 heterocycles. The van der Waals surface area contributed by atoms with E-state index in [-0.39, 0.29) is 0 Å². The van der Waals surface area contributed by atoms with Crippen LogP contribution in [0.15, 0.2) is 18.3 Å². The van der Waals surface area contributed by atoms with E-state index < -0.39 is 0 Å². The molecule has 0 aromatic carbocycles. The van der Waals surface area contributed by atoms with Gasteiger partial charge < -0.3 is 10.6 Å². The molecular formula is C10H14ClN3S. The lowest BCUT2D eigenvalue weighted by Gasteiger charge is -2.08. The van der Waals surface area contributed by atoms with Gasteiger partial charge in [-0.3, -0.25) is 0 Å². The van der Waals surface area contributed by atoms with Gasteiger partial charge in [0.1, 0.15) is 5.82 Å². The molecule has 0 bridgehead atoms. The van der Waals surface area contributed by atoms with E-state index in [1.807, 2.05) is 0 Å². The molecule has 0 aliphatic rings. The molecule has 1 aromatic rings. The van der Waals surface area contributed by atoms with Crippen molar-refractivity contribution in [2.45, 2.75) is 19.8 Å². The van der Waals surface area contributed by atoms with Gasteiger partial charge in [-0.05, 0) is 30.8 Å². The second-order valence-electron chi connectivity index (χ2n) is 3.10. The average Bonchev–Trinajstić information content (AvgIpc) is 2.22. The van der Waals surface area contributed by atoms with Gasteiger partial charge >= 0.3 is 0 Å². The lowest BCUT2D eigenvalue weighted by molar-refractivity contribution is 0.758. The van der Waals surface area contributed by atoms with Gasteiger partial charge in [-0.1, -0.05) is 24.9 Å². The van der Waals surface area contributed by atoms with E-state index in [9.17, 15) is 0 Å². The zero-order valence-electron chi connectivity index (χ0n) is 8.59. The normalized spacial score (nSPS) is 9.73. The van der Waals surface area contributed by atoms with E-state index in [0.29, 0.717) is 16.0 Å². The second-order valence-corrected chi connectivity index (χ2v) is 3.94. The minimum Gasteiger partial charge on any atom is -0.362 e. The Balaban J connectivity index is 2.34. The number of halogens is 1. The fourth-order valence-corrected chi connectivity index (χ4v) is 1.31. The van der Waals surface area contributed by atoms with Crippen molar-refractivity contribution in [1.82, 2.24) is 10.3 Å². The van der Waals surface area contributed by atoms with Gasteiger partial charge in [0.05, 0.1) is 5.02 Å². The van der Waals surface area contributed by atoms with Crippen LogP contribution in [0.25, 0.3) is 0 Å². The van der Waals surface area contributed by atoms with E-state index >= 15 is 0 Å². The minimum absolute atomic E-state index is 0.596. The molecule has 2 N–H and O–H groups in total. The zero-order valence-corrected chi connectivity index (χ0v) is 10.2. The standard InChI is InChI=1S/C10H14ClN3S/c1-2-3-6-12-10(15)14-9-5-4-8(11)7-13-9/h4-5,7H,2-3,6H2,1H3,(H2,12,13,14,15). The predicted molar refractivity (Wildman–Crippen MR) is 68.4 cm³/mol. The van der Waals surface area contributed by atoms with Gasteiger partial charge in [0.25, 0.3) is 0 Å². The first-order chi connectivity index (χ1) is 7.22. The first kappa shape index (κ1) is 12.2. The molecule has 5 heteroatoms. The van der Waals surface area contributed by atoms with Crippen molar-refractivity contribution in [1.29, 1.82) is 0 Å². The van der Waals surface area contributed by atoms with E-state index in [4.69, 9.17) is 23.8 Å². The van der Waals surface area contributed by atoms with Crippen molar-refractivity contribution in [3.63, 3.8) is 0 Å². The third kappa shape index (κ3) is 4.95. The summed E-state index contributed by atoms with van der Waals surface area (Å²) >= 11 is 10.8. The van der Waals surface area contributed by atoms with Crippen LogP contribution in [0, 0.1) is 0 Å². The summed E-state index contributed by atoms with van der Waals surface area (Å²) in [7, 11) is 0. The molecule has 82 valence electrons. The van der Waals surface area contributed by atoms with Crippen LogP contribution in [0.3, 0.4) is 0 Å². The lowest BCUT2D eigenvalue weighted by Crippen LogP contribution is -2.29. The number of thiocarbonyl (C=S) groups is 1. The first-order valence-corrected chi connectivity index (χ1v) is 5.67. The number of anilines is 1. The Hall–Kier alpha value is -0.870. The quantitative estimate of drug-likeness (QED) is 0.630. The molecule has 0 atom stereocenters. The summed E-state index contributed by atoms with van der Waals surface area (Å²) in [6.07, 6.45) is 3.84.